The Morgan fingerprint density at radius 3 is 2.72 bits per heavy atom. The summed E-state index contributed by atoms with van der Waals surface area (Å²) in [7, 11) is 0. The molecule has 3 heteroatoms. The van der Waals surface area contributed by atoms with E-state index in [0.717, 1.165) is 25.9 Å². The normalized spacial score (nSPS) is 23.1. The zero-order valence-electron chi connectivity index (χ0n) is 10.6. The molecule has 2 aliphatic rings. The molecule has 3 rings (SSSR count). The first-order valence-corrected chi connectivity index (χ1v) is 6.94. The lowest BCUT2D eigenvalue weighted by Crippen LogP contribution is -2.40. The van der Waals surface area contributed by atoms with Gasteiger partial charge in [0, 0.05) is 30.7 Å². The van der Waals surface area contributed by atoms with Gasteiger partial charge in [-0.2, -0.15) is 0 Å². The second-order valence-electron chi connectivity index (χ2n) is 5.34. The average Bonchev–Trinajstić information content (AvgIpc) is 3.16. The van der Waals surface area contributed by atoms with E-state index in [4.69, 9.17) is 0 Å². The average molecular weight is 244 g/mol. The van der Waals surface area contributed by atoms with Gasteiger partial charge < -0.3 is 10.2 Å². The van der Waals surface area contributed by atoms with E-state index in [-0.39, 0.29) is 5.91 Å². The predicted octanol–water partition coefficient (Wildman–Crippen LogP) is 2.18. The molecule has 1 atom stereocenters. The molecule has 0 bridgehead atoms. The minimum absolute atomic E-state index is 0.259. The first-order chi connectivity index (χ1) is 8.84. The number of anilines is 1. The fourth-order valence-corrected chi connectivity index (χ4v) is 2.72. The maximum absolute atomic E-state index is 11.7. The summed E-state index contributed by atoms with van der Waals surface area (Å²) >= 11 is 0. The molecular formula is C15H20N2O. The van der Waals surface area contributed by atoms with Gasteiger partial charge >= 0.3 is 0 Å². The van der Waals surface area contributed by atoms with E-state index in [2.05, 4.69) is 34.5 Å². The number of rotatable bonds is 4. The Labute approximate surface area is 108 Å². The van der Waals surface area contributed by atoms with Gasteiger partial charge in [0.1, 0.15) is 0 Å². The molecule has 0 spiro atoms. The molecule has 1 heterocycles. The first kappa shape index (κ1) is 11.6. The van der Waals surface area contributed by atoms with Crippen LogP contribution in [0.4, 0.5) is 5.69 Å². The fraction of sp³-hybridized carbons (Fsp3) is 0.533. The Morgan fingerprint density at radius 1 is 1.22 bits per heavy atom. The molecule has 0 aromatic heterocycles. The van der Waals surface area contributed by atoms with Crippen molar-refractivity contribution in [1.82, 2.24) is 5.32 Å². The molecular weight excluding hydrogens is 224 g/mol. The van der Waals surface area contributed by atoms with E-state index in [9.17, 15) is 4.79 Å². The van der Waals surface area contributed by atoms with Crippen molar-refractivity contribution in [2.75, 3.05) is 18.0 Å². The molecule has 1 aromatic carbocycles. The van der Waals surface area contributed by atoms with Gasteiger partial charge in [0.25, 0.3) is 0 Å². The van der Waals surface area contributed by atoms with Crippen molar-refractivity contribution >= 4 is 11.6 Å². The number of carbonyl (C=O) groups is 1. The van der Waals surface area contributed by atoms with Gasteiger partial charge in [-0.05, 0) is 37.8 Å². The highest BCUT2D eigenvalue weighted by molar-refractivity contribution is 5.80. The van der Waals surface area contributed by atoms with Crippen LogP contribution in [0, 0.1) is 5.92 Å². The molecule has 2 fully saturated rings. The maximum atomic E-state index is 11.7. The van der Waals surface area contributed by atoms with Crippen LogP contribution in [-0.4, -0.2) is 25.0 Å². The predicted molar refractivity (Wildman–Crippen MR) is 72.5 cm³/mol. The van der Waals surface area contributed by atoms with Crippen LogP contribution in [0.5, 0.6) is 0 Å². The highest BCUT2D eigenvalue weighted by Crippen LogP contribution is 2.29. The number of hydrogen-bond acceptors (Lipinski definition) is 2. The van der Waals surface area contributed by atoms with Gasteiger partial charge in [0.15, 0.2) is 0 Å². The largest absolute Gasteiger partial charge is 0.367 e. The summed E-state index contributed by atoms with van der Waals surface area (Å²) in [6, 6.07) is 11.0. The van der Waals surface area contributed by atoms with Crippen LogP contribution < -0.4 is 10.2 Å². The molecule has 1 amide bonds. The third-order valence-corrected chi connectivity index (χ3v) is 3.93. The molecule has 1 aromatic rings. The van der Waals surface area contributed by atoms with Crippen molar-refractivity contribution in [2.45, 2.75) is 31.7 Å². The Kier molecular flexibility index (Phi) is 3.22. The minimum Gasteiger partial charge on any atom is -0.367 e. The van der Waals surface area contributed by atoms with Crippen LogP contribution >= 0.6 is 0 Å². The van der Waals surface area contributed by atoms with Crippen molar-refractivity contribution in [3.8, 4) is 0 Å². The molecule has 0 unspecified atom stereocenters. The van der Waals surface area contributed by atoms with E-state index >= 15 is 0 Å². The van der Waals surface area contributed by atoms with Crippen LogP contribution in [0.3, 0.4) is 0 Å². The molecule has 0 radical (unpaired) electrons. The molecule has 1 aliphatic heterocycles. The van der Waals surface area contributed by atoms with Crippen molar-refractivity contribution in [3.63, 3.8) is 0 Å². The van der Waals surface area contributed by atoms with Crippen molar-refractivity contribution in [1.29, 1.82) is 0 Å². The van der Waals surface area contributed by atoms with E-state index in [1.165, 1.54) is 18.5 Å². The Hall–Kier alpha value is -1.51. The van der Waals surface area contributed by atoms with Gasteiger partial charge in [0.05, 0.1) is 0 Å². The van der Waals surface area contributed by atoms with Gasteiger partial charge in [-0.3, -0.25) is 4.79 Å². The number of nitrogens with zero attached hydrogens (tertiary/aromatic N) is 1. The topological polar surface area (TPSA) is 32.3 Å². The van der Waals surface area contributed by atoms with Crippen LogP contribution in [-0.2, 0) is 4.79 Å². The summed E-state index contributed by atoms with van der Waals surface area (Å²) in [5.74, 6) is 0.575. The third-order valence-electron chi connectivity index (χ3n) is 3.93. The molecule has 1 saturated carbocycles. The second-order valence-corrected chi connectivity index (χ2v) is 5.34. The standard InChI is InChI=1S/C15H20N2O/c18-15(12-8-9-12)16-11-14-7-4-10-17(14)13-5-2-1-3-6-13/h1-3,5-6,12,14H,4,7-11H2,(H,16,18)/t14-/m0/s1. The van der Waals surface area contributed by atoms with Crippen LogP contribution in [0.15, 0.2) is 30.3 Å². The van der Waals surface area contributed by atoms with E-state index in [0.29, 0.717) is 12.0 Å². The monoisotopic (exact) mass is 244 g/mol. The SMILES string of the molecule is O=C(NC[C@@H]1CCCN1c1ccccc1)C1CC1. The third kappa shape index (κ3) is 2.50. The van der Waals surface area contributed by atoms with E-state index in [1.807, 2.05) is 6.07 Å². The van der Waals surface area contributed by atoms with E-state index < -0.39 is 0 Å². The summed E-state index contributed by atoms with van der Waals surface area (Å²) in [6.45, 7) is 1.90. The van der Waals surface area contributed by atoms with Crippen molar-refractivity contribution < 1.29 is 4.79 Å². The zero-order chi connectivity index (χ0) is 12.4. The molecule has 3 nitrogen and oxygen atoms in total. The molecule has 1 saturated heterocycles. The quantitative estimate of drug-likeness (QED) is 0.880. The lowest BCUT2D eigenvalue weighted by atomic mass is 10.2. The molecule has 1 N–H and O–H groups in total. The summed E-state index contributed by atoms with van der Waals surface area (Å²) in [5, 5.41) is 3.11. The summed E-state index contributed by atoms with van der Waals surface area (Å²) in [4.78, 5) is 14.1. The molecule has 96 valence electrons. The summed E-state index contributed by atoms with van der Waals surface area (Å²) in [5.41, 5.74) is 1.28. The zero-order valence-corrected chi connectivity index (χ0v) is 10.6. The van der Waals surface area contributed by atoms with Gasteiger partial charge in [-0.1, -0.05) is 18.2 Å². The van der Waals surface area contributed by atoms with Crippen LogP contribution in [0.1, 0.15) is 25.7 Å². The Bertz CT molecular complexity index is 414. The second kappa shape index (κ2) is 5.01. The first-order valence-electron chi connectivity index (χ1n) is 6.94. The smallest absolute Gasteiger partial charge is 0.223 e. The number of carbonyl (C=O) groups excluding carboxylic acids is 1. The van der Waals surface area contributed by atoms with Gasteiger partial charge in [-0.15, -0.1) is 0 Å². The lowest BCUT2D eigenvalue weighted by Gasteiger charge is -2.27. The number of hydrogen-bond donors (Lipinski definition) is 1. The Balaban J connectivity index is 1.59. The number of para-hydroxylation sites is 1. The molecule has 18 heavy (non-hydrogen) atoms. The Morgan fingerprint density at radius 2 is 2.00 bits per heavy atom. The van der Waals surface area contributed by atoms with Crippen LogP contribution in [0.2, 0.25) is 0 Å². The number of nitrogens with one attached hydrogen (secondary N) is 1. The van der Waals surface area contributed by atoms with Crippen LogP contribution in [0.25, 0.3) is 0 Å². The lowest BCUT2D eigenvalue weighted by molar-refractivity contribution is -0.122. The molecule has 1 aliphatic carbocycles. The van der Waals surface area contributed by atoms with E-state index in [1.54, 1.807) is 0 Å². The van der Waals surface area contributed by atoms with Crippen molar-refractivity contribution in [2.24, 2.45) is 5.92 Å². The summed E-state index contributed by atoms with van der Waals surface area (Å²) < 4.78 is 0. The number of amides is 1. The fourth-order valence-electron chi connectivity index (χ4n) is 2.72. The van der Waals surface area contributed by atoms with Gasteiger partial charge in [-0.25, -0.2) is 0 Å². The highest BCUT2D eigenvalue weighted by atomic mass is 16.2. The maximum Gasteiger partial charge on any atom is 0.223 e. The minimum atomic E-state index is 0.259. The van der Waals surface area contributed by atoms with Gasteiger partial charge in [0.2, 0.25) is 5.91 Å². The highest BCUT2D eigenvalue weighted by Gasteiger charge is 2.31. The summed E-state index contributed by atoms with van der Waals surface area (Å²) in [6.07, 6.45) is 4.57. The van der Waals surface area contributed by atoms with Crippen molar-refractivity contribution in [3.05, 3.63) is 30.3 Å². The number of benzene rings is 1.